The monoisotopic (exact) mass is 557 g/mol. The van der Waals surface area contributed by atoms with E-state index >= 15 is 0 Å². The molecule has 0 aromatic heterocycles. The number of nitrogens with one attached hydrogen (secondary N) is 1. The quantitative estimate of drug-likeness (QED) is 0.418. The molecule has 0 radical (unpaired) electrons. The fourth-order valence-electron chi connectivity index (χ4n) is 3.58. The summed E-state index contributed by atoms with van der Waals surface area (Å²) < 4.78 is 31.6. The summed E-state index contributed by atoms with van der Waals surface area (Å²) in [4.78, 5) is 28.2. The molecule has 11 heteroatoms. The average molecular weight is 559 g/mol. The van der Waals surface area contributed by atoms with E-state index in [9.17, 15) is 18.0 Å². The van der Waals surface area contributed by atoms with Gasteiger partial charge in [-0.1, -0.05) is 56.1 Å². The number of rotatable bonds is 12. The topological polar surface area (TPSA) is 96.0 Å². The van der Waals surface area contributed by atoms with Gasteiger partial charge in [0.05, 0.1) is 19.1 Å². The van der Waals surface area contributed by atoms with Crippen LogP contribution in [0.2, 0.25) is 10.0 Å². The van der Waals surface area contributed by atoms with Crippen molar-refractivity contribution >= 4 is 50.7 Å². The third kappa shape index (κ3) is 8.01. The molecule has 8 nitrogen and oxygen atoms in total. The highest BCUT2D eigenvalue weighted by molar-refractivity contribution is 7.92. The van der Waals surface area contributed by atoms with Crippen molar-refractivity contribution < 1.29 is 22.7 Å². The number of carbonyl (C=O) groups is 2. The van der Waals surface area contributed by atoms with Gasteiger partial charge in [-0.25, -0.2) is 8.42 Å². The molecule has 2 amide bonds. The fraction of sp³-hybridized carbons (Fsp3) is 0.440. The predicted octanol–water partition coefficient (Wildman–Crippen LogP) is 4.35. The van der Waals surface area contributed by atoms with Crippen LogP contribution in [0, 0.1) is 5.92 Å². The van der Waals surface area contributed by atoms with Crippen LogP contribution in [0.15, 0.2) is 42.5 Å². The van der Waals surface area contributed by atoms with Gasteiger partial charge in [0, 0.05) is 34.8 Å². The number of nitrogens with zero attached hydrogens (tertiary/aromatic N) is 2. The Morgan fingerprint density at radius 2 is 1.69 bits per heavy atom. The minimum atomic E-state index is -3.86. The normalized spacial score (nSPS) is 12.2. The molecular formula is C25H33Cl2N3O5S. The SMILES string of the molecule is CCC(C(=O)NCC(C)C)N(Cc1c(Cl)cccc1Cl)C(=O)CN(c1cccc(OC)c1)S(C)(=O)=O. The summed E-state index contributed by atoms with van der Waals surface area (Å²) in [6.45, 7) is 5.55. The molecule has 0 aliphatic heterocycles. The maximum atomic E-state index is 13.7. The van der Waals surface area contributed by atoms with Crippen LogP contribution in [0.1, 0.15) is 32.8 Å². The number of amides is 2. The lowest BCUT2D eigenvalue weighted by Crippen LogP contribution is -2.52. The van der Waals surface area contributed by atoms with E-state index in [1.54, 1.807) is 43.3 Å². The summed E-state index contributed by atoms with van der Waals surface area (Å²) in [6.07, 6.45) is 1.32. The maximum Gasteiger partial charge on any atom is 0.244 e. The molecule has 198 valence electrons. The van der Waals surface area contributed by atoms with Crippen LogP contribution in [-0.2, 0) is 26.2 Å². The van der Waals surface area contributed by atoms with Crippen LogP contribution >= 0.6 is 23.2 Å². The molecule has 0 saturated carbocycles. The zero-order chi connectivity index (χ0) is 27.0. The van der Waals surface area contributed by atoms with Crippen LogP contribution in [-0.4, -0.2) is 57.6 Å². The number of methoxy groups -OCH3 is 1. The predicted molar refractivity (Wildman–Crippen MR) is 144 cm³/mol. The van der Waals surface area contributed by atoms with E-state index < -0.39 is 28.5 Å². The summed E-state index contributed by atoms with van der Waals surface area (Å²) in [6, 6.07) is 10.5. The van der Waals surface area contributed by atoms with Crippen LogP contribution < -0.4 is 14.4 Å². The summed E-state index contributed by atoms with van der Waals surface area (Å²) >= 11 is 12.7. The van der Waals surface area contributed by atoms with Gasteiger partial charge in [0.1, 0.15) is 18.3 Å². The van der Waals surface area contributed by atoms with E-state index in [-0.39, 0.29) is 24.1 Å². The number of sulfonamides is 1. The Morgan fingerprint density at radius 1 is 1.08 bits per heavy atom. The number of anilines is 1. The molecule has 0 heterocycles. The lowest BCUT2D eigenvalue weighted by atomic mass is 10.1. The Balaban J connectivity index is 2.49. The minimum absolute atomic E-state index is 0.0688. The Labute approximate surface area is 223 Å². The van der Waals surface area contributed by atoms with Gasteiger partial charge in [-0.05, 0) is 36.6 Å². The molecule has 0 spiro atoms. The van der Waals surface area contributed by atoms with Crippen molar-refractivity contribution in [2.45, 2.75) is 39.8 Å². The van der Waals surface area contributed by atoms with E-state index in [0.29, 0.717) is 34.3 Å². The third-order valence-electron chi connectivity index (χ3n) is 5.48. The molecule has 0 aliphatic carbocycles. The molecule has 2 aromatic rings. The molecule has 2 rings (SSSR count). The van der Waals surface area contributed by atoms with E-state index in [2.05, 4.69) is 5.32 Å². The largest absolute Gasteiger partial charge is 0.497 e. The molecule has 1 N–H and O–H groups in total. The standard InChI is InChI=1S/C25H33Cl2N3O5S/c1-6-23(25(32)28-14-17(2)3)29(15-20-21(26)11-8-12-22(20)27)24(31)16-30(36(5,33)34)18-9-7-10-19(13-18)35-4/h7-13,17,23H,6,14-16H2,1-5H3,(H,28,32). The molecule has 36 heavy (non-hydrogen) atoms. The van der Waals surface area contributed by atoms with Gasteiger partial charge in [0.2, 0.25) is 21.8 Å². The van der Waals surface area contributed by atoms with Crippen LogP contribution in [0.4, 0.5) is 5.69 Å². The van der Waals surface area contributed by atoms with Gasteiger partial charge < -0.3 is 15.0 Å². The number of benzene rings is 2. The first-order chi connectivity index (χ1) is 16.9. The molecule has 0 bridgehead atoms. The van der Waals surface area contributed by atoms with Crippen LogP contribution in [0.25, 0.3) is 0 Å². The summed E-state index contributed by atoms with van der Waals surface area (Å²) in [5.74, 6) is -0.268. The Bertz CT molecular complexity index is 1150. The van der Waals surface area contributed by atoms with E-state index in [4.69, 9.17) is 27.9 Å². The van der Waals surface area contributed by atoms with Gasteiger partial charge >= 0.3 is 0 Å². The van der Waals surface area contributed by atoms with E-state index in [1.807, 2.05) is 13.8 Å². The maximum absolute atomic E-state index is 13.7. The molecule has 0 saturated heterocycles. The Morgan fingerprint density at radius 3 is 2.22 bits per heavy atom. The second kappa shape index (κ2) is 13.2. The zero-order valence-corrected chi connectivity index (χ0v) is 23.5. The fourth-order valence-corrected chi connectivity index (χ4v) is 4.93. The lowest BCUT2D eigenvalue weighted by Gasteiger charge is -2.33. The zero-order valence-electron chi connectivity index (χ0n) is 21.1. The summed E-state index contributed by atoms with van der Waals surface area (Å²) in [5, 5.41) is 3.54. The minimum Gasteiger partial charge on any atom is -0.497 e. The van der Waals surface area contributed by atoms with Crippen molar-refractivity contribution in [3.8, 4) is 5.75 Å². The van der Waals surface area contributed by atoms with Crippen molar-refractivity contribution in [2.24, 2.45) is 5.92 Å². The van der Waals surface area contributed by atoms with Crippen molar-refractivity contribution in [1.82, 2.24) is 10.2 Å². The van der Waals surface area contributed by atoms with Gasteiger partial charge in [-0.3, -0.25) is 13.9 Å². The van der Waals surface area contributed by atoms with E-state index in [1.165, 1.54) is 18.1 Å². The Kier molecular flexibility index (Phi) is 10.9. The first-order valence-corrected chi connectivity index (χ1v) is 14.1. The van der Waals surface area contributed by atoms with Gasteiger partial charge in [0.15, 0.2) is 0 Å². The second-order valence-electron chi connectivity index (χ2n) is 8.76. The Hall–Kier alpha value is -2.49. The van der Waals surface area contributed by atoms with Gasteiger partial charge in [0.25, 0.3) is 0 Å². The van der Waals surface area contributed by atoms with Crippen molar-refractivity contribution in [2.75, 3.05) is 30.8 Å². The first-order valence-electron chi connectivity index (χ1n) is 11.5. The number of halogens is 2. The van der Waals surface area contributed by atoms with Gasteiger partial charge in [-0.15, -0.1) is 0 Å². The van der Waals surface area contributed by atoms with Crippen LogP contribution in [0.3, 0.4) is 0 Å². The molecule has 1 unspecified atom stereocenters. The smallest absolute Gasteiger partial charge is 0.244 e. The highest BCUT2D eigenvalue weighted by atomic mass is 35.5. The van der Waals surface area contributed by atoms with E-state index in [0.717, 1.165) is 10.6 Å². The summed E-state index contributed by atoms with van der Waals surface area (Å²) in [5.41, 5.74) is 0.731. The molecule has 0 aliphatic rings. The molecule has 2 aromatic carbocycles. The highest BCUT2D eigenvalue weighted by Gasteiger charge is 2.32. The van der Waals surface area contributed by atoms with Crippen LogP contribution in [0.5, 0.6) is 5.75 Å². The first kappa shape index (κ1) is 29.7. The molecule has 1 atom stereocenters. The second-order valence-corrected chi connectivity index (χ2v) is 11.5. The van der Waals surface area contributed by atoms with Crippen molar-refractivity contribution in [1.29, 1.82) is 0 Å². The summed E-state index contributed by atoms with van der Waals surface area (Å²) in [7, 11) is -2.39. The number of carbonyl (C=O) groups excluding carboxylic acids is 2. The van der Waals surface area contributed by atoms with Crippen molar-refractivity contribution in [3.05, 3.63) is 58.1 Å². The number of hydrogen-bond acceptors (Lipinski definition) is 5. The molecular weight excluding hydrogens is 525 g/mol. The average Bonchev–Trinajstić information content (AvgIpc) is 2.81. The third-order valence-corrected chi connectivity index (χ3v) is 7.33. The number of hydrogen-bond donors (Lipinski definition) is 1. The highest BCUT2D eigenvalue weighted by Crippen LogP contribution is 2.28. The lowest BCUT2D eigenvalue weighted by molar-refractivity contribution is -0.140. The van der Waals surface area contributed by atoms with Gasteiger partial charge in [-0.2, -0.15) is 0 Å². The van der Waals surface area contributed by atoms with Crippen molar-refractivity contribution in [3.63, 3.8) is 0 Å². The molecule has 0 fully saturated rings. The number of ether oxygens (including phenoxy) is 1.